The molecule has 1 aliphatic rings. The minimum atomic E-state index is -3.52. The normalized spacial score (nSPS) is 17.3. The number of hydrogen-bond donors (Lipinski definition) is 0. The zero-order valence-electron chi connectivity index (χ0n) is 16.9. The summed E-state index contributed by atoms with van der Waals surface area (Å²) < 4.78 is 31.6. The third kappa shape index (κ3) is 3.87. The van der Waals surface area contributed by atoms with Gasteiger partial charge in [-0.25, -0.2) is 13.4 Å². The lowest BCUT2D eigenvalue weighted by Crippen LogP contribution is -2.40. The van der Waals surface area contributed by atoms with Crippen molar-refractivity contribution in [1.29, 1.82) is 0 Å². The zero-order valence-corrected chi connectivity index (χ0v) is 17.7. The molecule has 0 radical (unpaired) electrons. The largest absolute Gasteiger partial charge is 0.496 e. The fourth-order valence-electron chi connectivity index (χ4n) is 3.99. The monoisotopic (exact) mass is 429 g/mol. The highest BCUT2D eigenvalue weighted by Crippen LogP contribution is 2.31. The number of amides is 1. The second-order valence-corrected chi connectivity index (χ2v) is 9.40. The Morgan fingerprint density at radius 3 is 2.83 bits per heavy atom. The number of benzene rings is 1. The van der Waals surface area contributed by atoms with Gasteiger partial charge < -0.3 is 9.64 Å². The standard InChI is InChI=1S/C20H23N5O4S/c1-29-16-8-4-3-6-14(16)10-18(26)24-9-5-7-15(12-24)19-17(30(2,27)28)11-21-20-22-13-23-25(19)20/h3-4,6,8,11,13,15H,5,7,9-10,12H2,1-2H3/t15-/m1/s1. The highest BCUT2D eigenvalue weighted by Gasteiger charge is 2.31. The van der Waals surface area contributed by atoms with Gasteiger partial charge in [0.25, 0.3) is 5.78 Å². The summed E-state index contributed by atoms with van der Waals surface area (Å²) in [6.45, 7) is 1.04. The van der Waals surface area contributed by atoms with Crippen molar-refractivity contribution < 1.29 is 17.9 Å². The maximum absolute atomic E-state index is 13.0. The average Bonchev–Trinajstić information content (AvgIpc) is 3.21. The predicted octanol–water partition coefficient (Wildman–Crippen LogP) is 1.49. The molecule has 0 N–H and O–H groups in total. The molecule has 0 spiro atoms. The van der Waals surface area contributed by atoms with E-state index in [1.165, 1.54) is 17.0 Å². The number of carbonyl (C=O) groups excluding carboxylic acids is 1. The van der Waals surface area contributed by atoms with Crippen LogP contribution < -0.4 is 4.74 Å². The summed E-state index contributed by atoms with van der Waals surface area (Å²) in [6.07, 6.45) is 5.59. The van der Waals surface area contributed by atoms with Crippen molar-refractivity contribution in [3.8, 4) is 5.75 Å². The van der Waals surface area contributed by atoms with E-state index in [-0.39, 0.29) is 23.1 Å². The van der Waals surface area contributed by atoms with Crippen LogP contribution in [-0.2, 0) is 21.1 Å². The maximum atomic E-state index is 13.0. The van der Waals surface area contributed by atoms with Gasteiger partial charge >= 0.3 is 0 Å². The number of fused-ring (bicyclic) bond motifs is 1. The highest BCUT2D eigenvalue weighted by atomic mass is 32.2. The van der Waals surface area contributed by atoms with E-state index < -0.39 is 9.84 Å². The van der Waals surface area contributed by atoms with Gasteiger partial charge in [0, 0.05) is 30.8 Å². The molecular weight excluding hydrogens is 406 g/mol. The summed E-state index contributed by atoms with van der Waals surface area (Å²) in [5.74, 6) is 0.818. The number of rotatable bonds is 5. The van der Waals surface area contributed by atoms with Crippen LogP contribution in [0, 0.1) is 0 Å². The minimum Gasteiger partial charge on any atom is -0.496 e. The summed E-state index contributed by atoms with van der Waals surface area (Å²) in [4.78, 5) is 23.1. The first-order chi connectivity index (χ1) is 14.4. The number of likely N-dealkylation sites (tertiary alicyclic amines) is 1. The topological polar surface area (TPSA) is 107 Å². The van der Waals surface area contributed by atoms with E-state index in [2.05, 4.69) is 15.1 Å². The van der Waals surface area contributed by atoms with Gasteiger partial charge in [-0.3, -0.25) is 4.79 Å². The quantitative estimate of drug-likeness (QED) is 0.605. The van der Waals surface area contributed by atoms with E-state index in [1.807, 2.05) is 24.3 Å². The van der Waals surface area contributed by atoms with Crippen LogP contribution in [0.15, 0.2) is 41.7 Å². The Bertz CT molecular complexity index is 1190. The van der Waals surface area contributed by atoms with Crippen LogP contribution in [0.2, 0.25) is 0 Å². The van der Waals surface area contributed by atoms with Crippen LogP contribution in [0.3, 0.4) is 0 Å². The third-order valence-electron chi connectivity index (χ3n) is 5.40. The van der Waals surface area contributed by atoms with Crippen molar-refractivity contribution in [1.82, 2.24) is 24.5 Å². The second-order valence-electron chi connectivity index (χ2n) is 7.42. The molecule has 0 bridgehead atoms. The Morgan fingerprint density at radius 1 is 1.27 bits per heavy atom. The van der Waals surface area contributed by atoms with Gasteiger partial charge in [-0.2, -0.15) is 14.6 Å². The Hall–Kier alpha value is -3.01. The Morgan fingerprint density at radius 2 is 2.07 bits per heavy atom. The van der Waals surface area contributed by atoms with Crippen molar-refractivity contribution in [3.05, 3.63) is 48.0 Å². The number of aromatic nitrogens is 4. The summed E-state index contributed by atoms with van der Waals surface area (Å²) in [7, 11) is -1.94. The molecule has 0 saturated carbocycles. The SMILES string of the molecule is COc1ccccc1CC(=O)N1CCC[C@@H](c2c(S(C)(=O)=O)cnc3ncnn23)C1. The molecule has 1 atom stereocenters. The van der Waals surface area contributed by atoms with Crippen LogP contribution in [0.25, 0.3) is 5.78 Å². The number of ether oxygens (including phenoxy) is 1. The summed E-state index contributed by atoms with van der Waals surface area (Å²) in [5, 5.41) is 4.19. The molecule has 30 heavy (non-hydrogen) atoms. The van der Waals surface area contributed by atoms with E-state index in [4.69, 9.17) is 4.74 Å². The lowest BCUT2D eigenvalue weighted by atomic mass is 9.94. The van der Waals surface area contributed by atoms with Crippen molar-refractivity contribution in [2.45, 2.75) is 30.1 Å². The lowest BCUT2D eigenvalue weighted by molar-refractivity contribution is -0.131. The average molecular weight is 430 g/mol. The van der Waals surface area contributed by atoms with Crippen molar-refractivity contribution in [3.63, 3.8) is 0 Å². The van der Waals surface area contributed by atoms with Gasteiger partial charge in [-0.1, -0.05) is 18.2 Å². The van der Waals surface area contributed by atoms with Crippen molar-refractivity contribution in [2.75, 3.05) is 26.5 Å². The fraction of sp³-hybridized carbons (Fsp3) is 0.400. The van der Waals surface area contributed by atoms with E-state index >= 15 is 0 Å². The molecule has 10 heteroatoms. The Kier molecular flexibility index (Phi) is 5.42. The molecule has 1 aliphatic heterocycles. The highest BCUT2D eigenvalue weighted by molar-refractivity contribution is 7.90. The second kappa shape index (κ2) is 8.02. The lowest BCUT2D eigenvalue weighted by Gasteiger charge is -2.33. The summed E-state index contributed by atoms with van der Waals surface area (Å²) in [6, 6.07) is 7.45. The van der Waals surface area contributed by atoms with Gasteiger partial charge in [0.05, 0.1) is 25.4 Å². The molecule has 4 rings (SSSR count). The van der Waals surface area contributed by atoms with Gasteiger partial charge in [-0.15, -0.1) is 0 Å². The molecule has 1 aromatic carbocycles. The third-order valence-corrected chi connectivity index (χ3v) is 6.52. The molecule has 1 amide bonds. The molecule has 2 aromatic heterocycles. The number of hydrogen-bond acceptors (Lipinski definition) is 7. The molecule has 1 fully saturated rings. The maximum Gasteiger partial charge on any atom is 0.252 e. The van der Waals surface area contributed by atoms with Crippen molar-refractivity contribution in [2.24, 2.45) is 0 Å². The first-order valence-electron chi connectivity index (χ1n) is 9.67. The smallest absolute Gasteiger partial charge is 0.252 e. The fourth-order valence-corrected chi connectivity index (χ4v) is 4.87. The van der Waals surface area contributed by atoms with Crippen LogP contribution >= 0.6 is 0 Å². The first-order valence-corrected chi connectivity index (χ1v) is 11.6. The number of methoxy groups -OCH3 is 1. The van der Waals surface area contributed by atoms with Gasteiger partial charge in [-0.05, 0) is 18.9 Å². The van der Waals surface area contributed by atoms with Crippen LogP contribution in [0.4, 0.5) is 0 Å². The number of para-hydroxylation sites is 1. The van der Waals surface area contributed by atoms with E-state index in [0.717, 1.165) is 24.7 Å². The molecule has 3 aromatic rings. The van der Waals surface area contributed by atoms with Crippen LogP contribution in [0.5, 0.6) is 5.75 Å². The minimum absolute atomic E-state index is 0.0194. The number of nitrogens with zero attached hydrogens (tertiary/aromatic N) is 5. The summed E-state index contributed by atoms with van der Waals surface area (Å²) >= 11 is 0. The summed E-state index contributed by atoms with van der Waals surface area (Å²) in [5.41, 5.74) is 1.36. The molecule has 1 saturated heterocycles. The number of sulfone groups is 1. The Labute approximate surface area is 174 Å². The number of carbonyl (C=O) groups is 1. The number of piperidine rings is 1. The van der Waals surface area contributed by atoms with Gasteiger partial charge in [0.2, 0.25) is 5.91 Å². The molecule has 158 valence electrons. The molecule has 3 heterocycles. The van der Waals surface area contributed by atoms with Crippen LogP contribution in [-0.4, -0.2) is 65.3 Å². The van der Waals surface area contributed by atoms with Gasteiger partial charge in [0.15, 0.2) is 9.84 Å². The van der Waals surface area contributed by atoms with E-state index in [1.54, 1.807) is 12.0 Å². The molecule has 0 unspecified atom stereocenters. The molecule has 0 aliphatic carbocycles. The molecule has 9 nitrogen and oxygen atoms in total. The molecular formula is C20H23N5O4S. The van der Waals surface area contributed by atoms with Crippen LogP contribution in [0.1, 0.15) is 30.0 Å². The van der Waals surface area contributed by atoms with Gasteiger partial charge in [0.1, 0.15) is 17.0 Å². The van der Waals surface area contributed by atoms with E-state index in [0.29, 0.717) is 30.3 Å². The predicted molar refractivity (Wildman–Crippen MR) is 109 cm³/mol. The first kappa shape index (κ1) is 20.3. The van der Waals surface area contributed by atoms with E-state index in [9.17, 15) is 13.2 Å². The van der Waals surface area contributed by atoms with Crippen molar-refractivity contribution >= 4 is 21.5 Å². The zero-order chi connectivity index (χ0) is 21.3. The Balaban J connectivity index is 1.63.